The molecule has 3 rings (SSSR count). The van der Waals surface area contributed by atoms with E-state index in [4.69, 9.17) is 28.9 Å². The van der Waals surface area contributed by atoms with Crippen LogP contribution >= 0.6 is 23.2 Å². The lowest BCUT2D eigenvalue weighted by molar-refractivity contribution is 0.102. The number of aryl methyl sites for hydroxylation is 1. The molecule has 26 heavy (non-hydrogen) atoms. The largest absolute Gasteiger partial charge is 0.383 e. The monoisotopic (exact) mass is 389 g/mol. The average Bonchev–Trinajstić information content (AvgIpc) is 2.61. The van der Waals surface area contributed by atoms with Gasteiger partial charge in [-0.2, -0.15) is 0 Å². The summed E-state index contributed by atoms with van der Waals surface area (Å²) in [6, 6.07) is 12.7. The number of halogens is 3. The minimum absolute atomic E-state index is 0.0605. The Morgan fingerprint density at radius 3 is 2.42 bits per heavy atom. The van der Waals surface area contributed by atoms with E-state index in [1.807, 2.05) is 0 Å². The SMILES string of the molecule is Cc1ccc(Cl)c(-c2ccc(NC(=O)c3ccc(Cl)cc3)nc2N)c1F. The summed E-state index contributed by atoms with van der Waals surface area (Å²) in [6.45, 7) is 1.64. The van der Waals surface area contributed by atoms with Crippen molar-refractivity contribution in [3.05, 3.63) is 75.5 Å². The van der Waals surface area contributed by atoms with E-state index in [0.29, 0.717) is 21.7 Å². The number of aromatic nitrogens is 1. The zero-order valence-corrected chi connectivity index (χ0v) is 15.2. The first kappa shape index (κ1) is 18.2. The van der Waals surface area contributed by atoms with Crippen molar-refractivity contribution in [3.63, 3.8) is 0 Å². The summed E-state index contributed by atoms with van der Waals surface area (Å²) in [6.07, 6.45) is 0. The summed E-state index contributed by atoms with van der Waals surface area (Å²) in [7, 11) is 0. The highest BCUT2D eigenvalue weighted by Gasteiger charge is 2.16. The van der Waals surface area contributed by atoms with Crippen molar-refractivity contribution in [2.75, 3.05) is 11.1 Å². The first-order chi connectivity index (χ1) is 12.4. The summed E-state index contributed by atoms with van der Waals surface area (Å²) in [5, 5.41) is 3.41. The second-order valence-corrected chi connectivity index (χ2v) is 6.49. The van der Waals surface area contributed by atoms with Crippen molar-refractivity contribution < 1.29 is 9.18 Å². The topological polar surface area (TPSA) is 68.0 Å². The summed E-state index contributed by atoms with van der Waals surface area (Å²) < 4.78 is 14.4. The highest BCUT2D eigenvalue weighted by molar-refractivity contribution is 6.33. The zero-order valence-electron chi connectivity index (χ0n) is 13.7. The molecule has 7 heteroatoms. The number of hydrogen-bond acceptors (Lipinski definition) is 3. The van der Waals surface area contributed by atoms with Crippen LogP contribution in [-0.2, 0) is 0 Å². The number of hydrogen-bond donors (Lipinski definition) is 2. The third kappa shape index (κ3) is 3.64. The maximum atomic E-state index is 14.4. The smallest absolute Gasteiger partial charge is 0.256 e. The maximum absolute atomic E-state index is 14.4. The number of nitrogens with two attached hydrogens (primary N) is 1. The Morgan fingerprint density at radius 1 is 1.08 bits per heavy atom. The van der Waals surface area contributed by atoms with Gasteiger partial charge >= 0.3 is 0 Å². The van der Waals surface area contributed by atoms with E-state index in [1.54, 1.807) is 49.4 Å². The molecule has 0 aliphatic heterocycles. The van der Waals surface area contributed by atoms with Gasteiger partial charge in [-0.15, -0.1) is 0 Å². The predicted molar refractivity (Wildman–Crippen MR) is 103 cm³/mol. The van der Waals surface area contributed by atoms with Gasteiger partial charge in [0, 0.05) is 21.7 Å². The highest BCUT2D eigenvalue weighted by Crippen LogP contribution is 2.35. The van der Waals surface area contributed by atoms with Gasteiger partial charge in [-0.05, 0) is 55.0 Å². The van der Waals surface area contributed by atoms with Gasteiger partial charge in [-0.1, -0.05) is 29.3 Å². The number of nitrogen functional groups attached to an aromatic ring is 1. The molecule has 0 spiro atoms. The third-order valence-electron chi connectivity index (χ3n) is 3.83. The van der Waals surface area contributed by atoms with Gasteiger partial charge in [0.2, 0.25) is 0 Å². The molecule has 1 aromatic heterocycles. The molecule has 0 bridgehead atoms. The van der Waals surface area contributed by atoms with Crippen molar-refractivity contribution in [2.45, 2.75) is 6.92 Å². The molecule has 0 saturated heterocycles. The molecule has 0 aliphatic carbocycles. The van der Waals surface area contributed by atoms with E-state index >= 15 is 0 Å². The minimum atomic E-state index is -0.455. The number of nitrogens with one attached hydrogen (secondary N) is 1. The fraction of sp³-hybridized carbons (Fsp3) is 0.0526. The summed E-state index contributed by atoms with van der Waals surface area (Å²) >= 11 is 11.9. The molecule has 0 fully saturated rings. The molecule has 4 nitrogen and oxygen atoms in total. The van der Waals surface area contributed by atoms with Crippen LogP contribution < -0.4 is 11.1 Å². The summed E-state index contributed by atoms with van der Waals surface area (Å²) in [4.78, 5) is 16.4. The van der Waals surface area contributed by atoms with E-state index in [-0.39, 0.29) is 28.1 Å². The van der Waals surface area contributed by atoms with Crippen molar-refractivity contribution >= 4 is 40.7 Å². The Hall–Kier alpha value is -2.63. The molecule has 132 valence electrons. The van der Waals surface area contributed by atoms with Gasteiger partial charge in [0.25, 0.3) is 5.91 Å². The van der Waals surface area contributed by atoms with Crippen molar-refractivity contribution in [3.8, 4) is 11.1 Å². The molecule has 0 unspecified atom stereocenters. The predicted octanol–water partition coefficient (Wildman–Crippen LogP) is 5.34. The number of anilines is 2. The Kier molecular flexibility index (Phi) is 5.11. The number of amides is 1. The minimum Gasteiger partial charge on any atom is -0.383 e. The molecular formula is C19H14Cl2FN3O. The first-order valence-electron chi connectivity index (χ1n) is 7.65. The maximum Gasteiger partial charge on any atom is 0.256 e. The third-order valence-corrected chi connectivity index (χ3v) is 4.39. The van der Waals surface area contributed by atoms with Crippen molar-refractivity contribution in [1.29, 1.82) is 0 Å². The van der Waals surface area contributed by atoms with E-state index in [1.165, 1.54) is 6.07 Å². The van der Waals surface area contributed by atoms with Crippen molar-refractivity contribution in [1.82, 2.24) is 4.98 Å². The second-order valence-electron chi connectivity index (χ2n) is 5.64. The summed E-state index contributed by atoms with van der Waals surface area (Å²) in [5.41, 5.74) is 7.39. The number of carbonyl (C=O) groups excluding carboxylic acids is 1. The van der Waals surface area contributed by atoms with Crippen LogP contribution in [-0.4, -0.2) is 10.9 Å². The Balaban J connectivity index is 1.90. The van der Waals surface area contributed by atoms with E-state index in [0.717, 1.165) is 0 Å². The van der Waals surface area contributed by atoms with E-state index in [2.05, 4.69) is 10.3 Å². The lowest BCUT2D eigenvalue weighted by Crippen LogP contribution is -2.13. The molecule has 2 aromatic carbocycles. The number of pyridine rings is 1. The van der Waals surface area contributed by atoms with Gasteiger partial charge in [0.05, 0.1) is 5.02 Å². The van der Waals surface area contributed by atoms with E-state index < -0.39 is 5.82 Å². The number of nitrogens with zero attached hydrogens (tertiary/aromatic N) is 1. The summed E-state index contributed by atoms with van der Waals surface area (Å²) in [5.74, 6) is -0.509. The average molecular weight is 390 g/mol. The van der Waals surface area contributed by atoms with Crippen LogP contribution in [0.15, 0.2) is 48.5 Å². The number of rotatable bonds is 3. The second kappa shape index (κ2) is 7.32. The molecular weight excluding hydrogens is 376 g/mol. The fourth-order valence-electron chi connectivity index (χ4n) is 2.45. The van der Waals surface area contributed by atoms with Crippen LogP contribution in [0.1, 0.15) is 15.9 Å². The molecule has 1 amide bonds. The van der Waals surface area contributed by atoms with Crippen LogP contribution in [0.25, 0.3) is 11.1 Å². The normalized spacial score (nSPS) is 10.6. The van der Waals surface area contributed by atoms with Crippen molar-refractivity contribution in [2.24, 2.45) is 0 Å². The lowest BCUT2D eigenvalue weighted by atomic mass is 10.0. The Labute approximate surface area is 159 Å². The van der Waals surface area contributed by atoms with Crippen LogP contribution in [0, 0.1) is 12.7 Å². The molecule has 1 heterocycles. The Bertz CT molecular complexity index is 991. The Morgan fingerprint density at radius 2 is 1.77 bits per heavy atom. The van der Waals surface area contributed by atoms with Gasteiger partial charge < -0.3 is 11.1 Å². The van der Waals surface area contributed by atoms with Gasteiger partial charge in [0.1, 0.15) is 17.5 Å². The quantitative estimate of drug-likeness (QED) is 0.635. The van der Waals surface area contributed by atoms with Crippen LogP contribution in [0.5, 0.6) is 0 Å². The number of carbonyl (C=O) groups is 1. The van der Waals surface area contributed by atoms with Crippen LogP contribution in [0.4, 0.5) is 16.0 Å². The van der Waals surface area contributed by atoms with Crippen LogP contribution in [0.3, 0.4) is 0 Å². The first-order valence-corrected chi connectivity index (χ1v) is 8.41. The molecule has 3 aromatic rings. The van der Waals surface area contributed by atoms with E-state index in [9.17, 15) is 9.18 Å². The van der Waals surface area contributed by atoms with Gasteiger partial charge in [-0.3, -0.25) is 4.79 Å². The molecule has 0 radical (unpaired) electrons. The fourth-order valence-corrected chi connectivity index (χ4v) is 2.82. The van der Waals surface area contributed by atoms with Crippen LogP contribution in [0.2, 0.25) is 10.0 Å². The standard InChI is InChI=1S/C19H14Cl2FN3O/c1-10-2-8-14(21)16(17(10)22)13-7-9-15(24-18(13)23)25-19(26)11-3-5-12(20)6-4-11/h2-9H,1H3,(H3,23,24,25,26). The number of benzene rings is 2. The molecule has 0 atom stereocenters. The molecule has 0 saturated carbocycles. The molecule has 0 aliphatic rings. The lowest BCUT2D eigenvalue weighted by Gasteiger charge is -2.12. The van der Waals surface area contributed by atoms with Gasteiger partial charge in [-0.25, -0.2) is 9.37 Å². The zero-order chi connectivity index (χ0) is 18.8. The highest BCUT2D eigenvalue weighted by atomic mass is 35.5. The van der Waals surface area contributed by atoms with Gasteiger partial charge in [0.15, 0.2) is 0 Å². The molecule has 3 N–H and O–H groups in total.